The van der Waals surface area contributed by atoms with E-state index in [2.05, 4.69) is 25.8 Å². The lowest BCUT2D eigenvalue weighted by atomic mass is 10.1. The van der Waals surface area contributed by atoms with Gasteiger partial charge in [0.1, 0.15) is 5.52 Å². The van der Waals surface area contributed by atoms with Crippen molar-refractivity contribution in [2.24, 2.45) is 7.05 Å². The Balaban J connectivity index is 0.000000360. The minimum Gasteiger partial charge on any atom is -0.475 e. The Bertz CT molecular complexity index is 1090. The summed E-state index contributed by atoms with van der Waals surface area (Å²) in [6, 6.07) is 9.39. The number of aromatic nitrogens is 5. The van der Waals surface area contributed by atoms with E-state index in [0.29, 0.717) is 12.2 Å². The fourth-order valence-electron chi connectivity index (χ4n) is 3.00. The normalized spacial score (nSPS) is 14.4. The summed E-state index contributed by atoms with van der Waals surface area (Å²) < 4.78 is 33.5. The Hall–Kier alpha value is -3.61. The molecule has 0 bridgehead atoms. The molecule has 13 heteroatoms. The van der Waals surface area contributed by atoms with E-state index < -0.39 is 12.1 Å². The predicted molar refractivity (Wildman–Crippen MR) is 107 cm³/mol. The molecule has 2 aromatic heterocycles. The molecule has 1 aliphatic heterocycles. The van der Waals surface area contributed by atoms with Gasteiger partial charge in [-0.2, -0.15) is 13.2 Å². The summed E-state index contributed by atoms with van der Waals surface area (Å²) in [5.74, 6) is -2.82. The van der Waals surface area contributed by atoms with Crippen molar-refractivity contribution in [3.63, 3.8) is 0 Å². The minimum absolute atomic E-state index is 0.0611. The smallest absolute Gasteiger partial charge is 0.475 e. The van der Waals surface area contributed by atoms with Gasteiger partial charge in [-0.1, -0.05) is 11.3 Å². The van der Waals surface area contributed by atoms with E-state index >= 15 is 0 Å². The van der Waals surface area contributed by atoms with Crippen molar-refractivity contribution in [3.8, 4) is 11.3 Å². The molecule has 0 aliphatic carbocycles. The molecule has 1 aromatic carbocycles. The number of benzene rings is 1. The lowest BCUT2D eigenvalue weighted by molar-refractivity contribution is -0.192. The van der Waals surface area contributed by atoms with Crippen LogP contribution in [0.25, 0.3) is 22.3 Å². The predicted octanol–water partition coefficient (Wildman–Crippen LogP) is 1.49. The number of aliphatic carboxylic acids is 1. The van der Waals surface area contributed by atoms with Crippen molar-refractivity contribution in [2.75, 3.05) is 26.2 Å². The van der Waals surface area contributed by atoms with Crippen LogP contribution in [-0.2, 0) is 11.8 Å². The van der Waals surface area contributed by atoms with Gasteiger partial charge in [0.05, 0.1) is 11.2 Å². The number of carbonyl (C=O) groups is 2. The highest BCUT2D eigenvalue weighted by atomic mass is 19.4. The van der Waals surface area contributed by atoms with Crippen molar-refractivity contribution in [1.29, 1.82) is 0 Å². The first-order chi connectivity index (χ1) is 15.2. The molecule has 1 aliphatic rings. The molecule has 32 heavy (non-hydrogen) atoms. The first-order valence-corrected chi connectivity index (χ1v) is 9.60. The Morgan fingerprint density at radius 1 is 1.06 bits per heavy atom. The number of rotatable bonds is 2. The summed E-state index contributed by atoms with van der Waals surface area (Å²) in [7, 11) is 1.85. The van der Waals surface area contributed by atoms with Crippen LogP contribution in [0.3, 0.4) is 0 Å². The van der Waals surface area contributed by atoms with Crippen LogP contribution in [0, 0.1) is 0 Å². The lowest BCUT2D eigenvalue weighted by Gasteiger charge is -2.19. The SMILES string of the molecule is Cn1nnc2ccc(-c3ccc(C(=O)N4CCCNCC4)nn3)cc21.O=C(O)C(F)(F)F. The Morgan fingerprint density at radius 3 is 2.47 bits per heavy atom. The molecular formula is C19H20F3N7O3. The van der Waals surface area contributed by atoms with E-state index in [-0.39, 0.29) is 5.91 Å². The molecule has 170 valence electrons. The summed E-state index contributed by atoms with van der Waals surface area (Å²) >= 11 is 0. The number of carboxylic acid groups (broad SMARTS) is 1. The van der Waals surface area contributed by atoms with Crippen LogP contribution in [0.2, 0.25) is 0 Å². The monoisotopic (exact) mass is 451 g/mol. The van der Waals surface area contributed by atoms with Crippen LogP contribution >= 0.6 is 0 Å². The average Bonchev–Trinajstić information content (AvgIpc) is 2.96. The van der Waals surface area contributed by atoms with Gasteiger partial charge in [-0.3, -0.25) is 4.79 Å². The number of aryl methyl sites for hydroxylation is 1. The zero-order valence-electron chi connectivity index (χ0n) is 17.0. The quantitative estimate of drug-likeness (QED) is 0.600. The number of nitrogens with zero attached hydrogens (tertiary/aromatic N) is 6. The highest BCUT2D eigenvalue weighted by Gasteiger charge is 2.38. The van der Waals surface area contributed by atoms with Crippen LogP contribution in [0.15, 0.2) is 30.3 Å². The van der Waals surface area contributed by atoms with Gasteiger partial charge in [0.2, 0.25) is 0 Å². The molecular weight excluding hydrogens is 431 g/mol. The molecule has 4 rings (SSSR count). The topological polar surface area (TPSA) is 126 Å². The first kappa shape index (κ1) is 23.1. The van der Waals surface area contributed by atoms with E-state index in [0.717, 1.165) is 48.3 Å². The van der Waals surface area contributed by atoms with Crippen molar-refractivity contribution < 1.29 is 27.9 Å². The molecule has 0 spiro atoms. The zero-order valence-corrected chi connectivity index (χ0v) is 17.0. The number of fused-ring (bicyclic) bond motifs is 1. The third-order valence-electron chi connectivity index (χ3n) is 4.66. The second kappa shape index (κ2) is 9.68. The fourth-order valence-corrected chi connectivity index (χ4v) is 3.00. The second-order valence-electron chi connectivity index (χ2n) is 6.92. The van der Waals surface area contributed by atoms with Gasteiger partial charge in [0, 0.05) is 32.2 Å². The third-order valence-corrected chi connectivity index (χ3v) is 4.66. The highest BCUT2D eigenvalue weighted by Crippen LogP contribution is 2.21. The van der Waals surface area contributed by atoms with Gasteiger partial charge in [-0.05, 0) is 37.2 Å². The van der Waals surface area contributed by atoms with Crippen LogP contribution in [-0.4, -0.2) is 79.4 Å². The average molecular weight is 451 g/mol. The molecule has 1 amide bonds. The maximum absolute atomic E-state index is 12.6. The Morgan fingerprint density at radius 2 is 1.81 bits per heavy atom. The van der Waals surface area contributed by atoms with Crippen LogP contribution in [0.1, 0.15) is 16.9 Å². The van der Waals surface area contributed by atoms with E-state index in [1.165, 1.54) is 0 Å². The highest BCUT2D eigenvalue weighted by molar-refractivity contribution is 5.92. The van der Waals surface area contributed by atoms with Gasteiger partial charge >= 0.3 is 12.1 Å². The zero-order chi connectivity index (χ0) is 23.3. The van der Waals surface area contributed by atoms with Gasteiger partial charge in [0.25, 0.3) is 5.91 Å². The van der Waals surface area contributed by atoms with Crippen molar-refractivity contribution >= 4 is 22.9 Å². The van der Waals surface area contributed by atoms with Crippen LogP contribution in [0.4, 0.5) is 13.2 Å². The van der Waals surface area contributed by atoms with E-state index in [1.54, 1.807) is 10.7 Å². The molecule has 10 nitrogen and oxygen atoms in total. The Labute approximate surface area is 180 Å². The maximum atomic E-state index is 12.6. The first-order valence-electron chi connectivity index (χ1n) is 9.60. The summed E-state index contributed by atoms with van der Waals surface area (Å²) in [5.41, 5.74) is 3.78. The summed E-state index contributed by atoms with van der Waals surface area (Å²) in [6.07, 6.45) is -4.13. The largest absolute Gasteiger partial charge is 0.490 e. The van der Waals surface area contributed by atoms with Gasteiger partial charge in [-0.25, -0.2) is 9.48 Å². The summed E-state index contributed by atoms with van der Waals surface area (Å²) in [4.78, 5) is 23.3. The van der Waals surface area contributed by atoms with E-state index in [4.69, 9.17) is 9.90 Å². The van der Waals surface area contributed by atoms with Gasteiger partial charge < -0.3 is 15.3 Å². The van der Waals surface area contributed by atoms with Gasteiger partial charge in [0.15, 0.2) is 5.69 Å². The number of halogens is 3. The maximum Gasteiger partial charge on any atom is 0.490 e. The van der Waals surface area contributed by atoms with Crippen LogP contribution in [0.5, 0.6) is 0 Å². The molecule has 1 saturated heterocycles. The van der Waals surface area contributed by atoms with Crippen molar-refractivity contribution in [2.45, 2.75) is 12.6 Å². The van der Waals surface area contributed by atoms with Gasteiger partial charge in [-0.15, -0.1) is 15.3 Å². The van der Waals surface area contributed by atoms with E-state index in [1.807, 2.05) is 36.2 Å². The molecule has 3 heterocycles. The molecule has 3 aromatic rings. The number of hydrogen-bond donors (Lipinski definition) is 2. The molecule has 0 saturated carbocycles. The minimum atomic E-state index is -5.08. The number of carbonyl (C=O) groups excluding carboxylic acids is 1. The molecule has 0 radical (unpaired) electrons. The summed E-state index contributed by atoms with van der Waals surface area (Å²) in [5, 5.41) is 26.9. The van der Waals surface area contributed by atoms with Crippen LogP contribution < -0.4 is 5.32 Å². The fraction of sp³-hybridized carbons (Fsp3) is 0.368. The molecule has 0 atom stereocenters. The van der Waals surface area contributed by atoms with E-state index in [9.17, 15) is 18.0 Å². The molecule has 1 fully saturated rings. The second-order valence-corrected chi connectivity index (χ2v) is 6.92. The number of nitrogens with one attached hydrogen (secondary N) is 1. The number of amides is 1. The number of alkyl halides is 3. The van der Waals surface area contributed by atoms with Crippen molar-refractivity contribution in [3.05, 3.63) is 36.0 Å². The lowest BCUT2D eigenvalue weighted by Crippen LogP contribution is -2.34. The number of carboxylic acids is 1. The third kappa shape index (κ3) is 5.55. The standard InChI is InChI=1S/C17H19N7O.C2HF3O2/c1-23-16-11-12(3-4-14(16)21-22-23)13-5-6-15(20-19-13)17(25)24-9-2-7-18-8-10-24;3-2(4,5)1(6)7/h3-6,11,18H,2,7-10H2,1H3;(H,6,7). The molecule has 0 unspecified atom stereocenters. The Kier molecular flexibility index (Phi) is 6.98. The summed E-state index contributed by atoms with van der Waals surface area (Å²) in [6.45, 7) is 3.21. The number of hydrogen-bond acceptors (Lipinski definition) is 7. The van der Waals surface area contributed by atoms with Crippen molar-refractivity contribution in [1.82, 2.24) is 35.4 Å². The molecule has 2 N–H and O–H groups in total.